The fourth-order valence-electron chi connectivity index (χ4n) is 1.23. The average molecular weight is 205 g/mol. The molecule has 0 aliphatic carbocycles. The standard InChI is InChI=1S/C12H15NO2/c1-8(2)7-15-11-9(3)5-4-6-10(11)12(13)14/h4-6H,1,7H2,2-3H3,(H2,13,14). The Bertz CT molecular complexity index is 397. The van der Waals surface area contributed by atoms with Crippen molar-refractivity contribution in [3.63, 3.8) is 0 Å². The van der Waals surface area contributed by atoms with E-state index in [9.17, 15) is 4.79 Å². The highest BCUT2D eigenvalue weighted by Crippen LogP contribution is 2.23. The van der Waals surface area contributed by atoms with Gasteiger partial charge in [-0.1, -0.05) is 18.7 Å². The van der Waals surface area contributed by atoms with E-state index in [2.05, 4.69) is 6.58 Å². The number of benzene rings is 1. The predicted octanol–water partition coefficient (Wildman–Crippen LogP) is 2.05. The molecule has 0 saturated carbocycles. The molecule has 0 spiro atoms. The molecular weight excluding hydrogens is 190 g/mol. The highest BCUT2D eigenvalue weighted by Gasteiger charge is 2.11. The lowest BCUT2D eigenvalue weighted by molar-refractivity contribution is 0.0996. The van der Waals surface area contributed by atoms with Crippen LogP contribution < -0.4 is 10.5 Å². The molecule has 1 aromatic carbocycles. The molecule has 1 rings (SSSR count). The minimum Gasteiger partial charge on any atom is -0.488 e. The second-order valence-electron chi connectivity index (χ2n) is 3.56. The smallest absolute Gasteiger partial charge is 0.252 e. The van der Waals surface area contributed by atoms with Crippen LogP contribution in [0.25, 0.3) is 0 Å². The lowest BCUT2D eigenvalue weighted by Crippen LogP contribution is -2.14. The van der Waals surface area contributed by atoms with Crippen LogP contribution >= 0.6 is 0 Å². The summed E-state index contributed by atoms with van der Waals surface area (Å²) in [6.07, 6.45) is 0. The van der Waals surface area contributed by atoms with E-state index in [0.717, 1.165) is 11.1 Å². The summed E-state index contributed by atoms with van der Waals surface area (Å²) in [5.41, 5.74) is 7.45. The van der Waals surface area contributed by atoms with E-state index in [1.54, 1.807) is 12.1 Å². The summed E-state index contributed by atoms with van der Waals surface area (Å²) in [4.78, 5) is 11.1. The van der Waals surface area contributed by atoms with Gasteiger partial charge in [-0.05, 0) is 31.1 Å². The zero-order chi connectivity index (χ0) is 11.4. The molecule has 0 saturated heterocycles. The van der Waals surface area contributed by atoms with E-state index in [1.807, 2.05) is 19.9 Å². The van der Waals surface area contributed by atoms with Crippen molar-refractivity contribution in [1.82, 2.24) is 0 Å². The van der Waals surface area contributed by atoms with Crippen LogP contribution in [0.5, 0.6) is 5.75 Å². The van der Waals surface area contributed by atoms with E-state index in [-0.39, 0.29) is 0 Å². The molecular formula is C12H15NO2. The van der Waals surface area contributed by atoms with Crippen molar-refractivity contribution in [1.29, 1.82) is 0 Å². The fourth-order valence-corrected chi connectivity index (χ4v) is 1.23. The molecule has 2 N–H and O–H groups in total. The molecule has 0 radical (unpaired) electrons. The lowest BCUT2D eigenvalue weighted by Gasteiger charge is -2.11. The highest BCUT2D eigenvalue weighted by molar-refractivity contribution is 5.96. The molecule has 3 nitrogen and oxygen atoms in total. The summed E-state index contributed by atoms with van der Waals surface area (Å²) in [5, 5.41) is 0. The highest BCUT2D eigenvalue weighted by atomic mass is 16.5. The number of para-hydroxylation sites is 1. The van der Waals surface area contributed by atoms with Gasteiger partial charge in [-0.15, -0.1) is 0 Å². The molecule has 0 fully saturated rings. The summed E-state index contributed by atoms with van der Waals surface area (Å²) in [6.45, 7) is 7.87. The van der Waals surface area contributed by atoms with Gasteiger partial charge < -0.3 is 10.5 Å². The zero-order valence-corrected chi connectivity index (χ0v) is 9.04. The summed E-state index contributed by atoms with van der Waals surface area (Å²) in [6, 6.07) is 5.31. The predicted molar refractivity (Wildman–Crippen MR) is 60.0 cm³/mol. The van der Waals surface area contributed by atoms with Crippen LogP contribution in [-0.4, -0.2) is 12.5 Å². The third-order valence-corrected chi connectivity index (χ3v) is 1.94. The fraction of sp³-hybridized carbons (Fsp3) is 0.250. The van der Waals surface area contributed by atoms with E-state index in [1.165, 1.54) is 0 Å². The first-order chi connectivity index (χ1) is 7.02. The van der Waals surface area contributed by atoms with Gasteiger partial charge in [0.25, 0.3) is 5.91 Å². The maximum absolute atomic E-state index is 11.1. The molecule has 0 bridgehead atoms. The Morgan fingerprint density at radius 2 is 2.20 bits per heavy atom. The maximum atomic E-state index is 11.1. The Balaban J connectivity index is 3.02. The number of carbonyl (C=O) groups is 1. The van der Waals surface area contributed by atoms with E-state index < -0.39 is 5.91 Å². The number of primary amides is 1. The SMILES string of the molecule is C=C(C)COc1c(C)cccc1C(N)=O. The maximum Gasteiger partial charge on any atom is 0.252 e. The quantitative estimate of drug-likeness (QED) is 0.765. The number of ether oxygens (including phenoxy) is 1. The van der Waals surface area contributed by atoms with Gasteiger partial charge in [0.1, 0.15) is 12.4 Å². The number of aryl methyl sites for hydroxylation is 1. The molecule has 0 aliphatic heterocycles. The number of carbonyl (C=O) groups excluding carboxylic acids is 1. The van der Waals surface area contributed by atoms with Gasteiger partial charge in [-0.3, -0.25) is 4.79 Å². The Kier molecular flexibility index (Phi) is 3.50. The number of hydrogen-bond donors (Lipinski definition) is 1. The van der Waals surface area contributed by atoms with Gasteiger partial charge in [0.05, 0.1) is 5.56 Å². The van der Waals surface area contributed by atoms with E-state index in [4.69, 9.17) is 10.5 Å². The van der Waals surface area contributed by atoms with Gasteiger partial charge in [0.2, 0.25) is 0 Å². The Hall–Kier alpha value is -1.77. The van der Waals surface area contributed by atoms with Crippen molar-refractivity contribution >= 4 is 5.91 Å². The van der Waals surface area contributed by atoms with Crippen molar-refractivity contribution in [2.24, 2.45) is 5.73 Å². The molecule has 0 aliphatic rings. The number of hydrogen-bond acceptors (Lipinski definition) is 2. The van der Waals surface area contributed by atoms with Crippen LogP contribution in [0.3, 0.4) is 0 Å². The van der Waals surface area contributed by atoms with Crippen LogP contribution in [0.1, 0.15) is 22.8 Å². The Morgan fingerprint density at radius 3 is 2.73 bits per heavy atom. The Morgan fingerprint density at radius 1 is 1.53 bits per heavy atom. The van der Waals surface area contributed by atoms with Crippen molar-refractivity contribution in [2.75, 3.05) is 6.61 Å². The lowest BCUT2D eigenvalue weighted by atomic mass is 10.1. The summed E-state index contributed by atoms with van der Waals surface area (Å²) in [5.74, 6) is 0.0726. The van der Waals surface area contributed by atoms with Gasteiger partial charge >= 0.3 is 0 Å². The molecule has 0 heterocycles. The third kappa shape index (κ3) is 2.84. The minimum atomic E-state index is -0.476. The first-order valence-corrected chi connectivity index (χ1v) is 4.69. The molecule has 15 heavy (non-hydrogen) atoms. The van der Waals surface area contributed by atoms with Crippen LogP contribution in [0.2, 0.25) is 0 Å². The second kappa shape index (κ2) is 4.64. The van der Waals surface area contributed by atoms with E-state index in [0.29, 0.717) is 17.9 Å². The van der Waals surface area contributed by atoms with Crippen molar-refractivity contribution in [3.8, 4) is 5.75 Å². The van der Waals surface area contributed by atoms with E-state index >= 15 is 0 Å². The molecule has 3 heteroatoms. The van der Waals surface area contributed by atoms with Crippen molar-refractivity contribution in [3.05, 3.63) is 41.5 Å². The van der Waals surface area contributed by atoms with Crippen LogP contribution in [0, 0.1) is 6.92 Å². The van der Waals surface area contributed by atoms with Gasteiger partial charge in [-0.2, -0.15) is 0 Å². The molecule has 1 aromatic rings. The average Bonchev–Trinajstić information content (AvgIpc) is 2.15. The van der Waals surface area contributed by atoms with Crippen LogP contribution in [-0.2, 0) is 0 Å². The summed E-state index contributed by atoms with van der Waals surface area (Å²) in [7, 11) is 0. The third-order valence-electron chi connectivity index (χ3n) is 1.94. The zero-order valence-electron chi connectivity index (χ0n) is 9.04. The molecule has 1 amide bonds. The molecule has 0 unspecified atom stereocenters. The van der Waals surface area contributed by atoms with Gasteiger partial charge in [0, 0.05) is 0 Å². The molecule has 80 valence electrons. The van der Waals surface area contributed by atoms with Gasteiger partial charge in [-0.25, -0.2) is 0 Å². The first-order valence-electron chi connectivity index (χ1n) is 4.69. The Labute approximate surface area is 89.5 Å². The van der Waals surface area contributed by atoms with Gasteiger partial charge in [0.15, 0.2) is 0 Å². The summed E-state index contributed by atoms with van der Waals surface area (Å²) >= 11 is 0. The number of rotatable bonds is 4. The van der Waals surface area contributed by atoms with Crippen molar-refractivity contribution < 1.29 is 9.53 Å². The second-order valence-corrected chi connectivity index (χ2v) is 3.56. The summed E-state index contributed by atoms with van der Waals surface area (Å²) < 4.78 is 5.49. The monoisotopic (exact) mass is 205 g/mol. The minimum absolute atomic E-state index is 0.394. The topological polar surface area (TPSA) is 52.3 Å². The molecule has 0 aromatic heterocycles. The number of nitrogens with two attached hydrogens (primary N) is 1. The number of amides is 1. The normalized spacial score (nSPS) is 9.73. The van der Waals surface area contributed by atoms with Crippen LogP contribution in [0.15, 0.2) is 30.4 Å². The van der Waals surface area contributed by atoms with Crippen molar-refractivity contribution in [2.45, 2.75) is 13.8 Å². The first kappa shape index (κ1) is 11.3. The largest absolute Gasteiger partial charge is 0.488 e. The molecule has 0 atom stereocenters. The van der Waals surface area contributed by atoms with Crippen LogP contribution in [0.4, 0.5) is 0 Å².